The number of nitrogens with zero attached hydrogens (tertiary/aromatic N) is 1. The topological polar surface area (TPSA) is 32.3 Å². The van der Waals surface area contributed by atoms with Crippen molar-refractivity contribution in [3.05, 3.63) is 90.0 Å². The van der Waals surface area contributed by atoms with Gasteiger partial charge < -0.3 is 5.32 Å². The van der Waals surface area contributed by atoms with E-state index in [4.69, 9.17) is 0 Å². The lowest BCUT2D eigenvalue weighted by Crippen LogP contribution is -2.30. The van der Waals surface area contributed by atoms with Gasteiger partial charge in [-0.25, -0.2) is 4.79 Å². The van der Waals surface area contributed by atoms with Gasteiger partial charge in [0.05, 0.1) is 11.4 Å². The Labute approximate surface area is 142 Å². The van der Waals surface area contributed by atoms with Crippen LogP contribution in [0.15, 0.2) is 78.9 Å². The van der Waals surface area contributed by atoms with Crippen LogP contribution in [0.1, 0.15) is 11.1 Å². The highest BCUT2D eigenvalue weighted by atomic mass is 16.2. The molecular weight excluding hydrogens is 296 g/mol. The van der Waals surface area contributed by atoms with Gasteiger partial charge in [0.15, 0.2) is 0 Å². The van der Waals surface area contributed by atoms with Gasteiger partial charge in [-0.3, -0.25) is 4.90 Å². The van der Waals surface area contributed by atoms with Crippen LogP contribution in [0.4, 0.5) is 21.9 Å². The Morgan fingerprint density at radius 1 is 0.750 bits per heavy atom. The molecule has 0 saturated carbocycles. The van der Waals surface area contributed by atoms with Gasteiger partial charge >= 0.3 is 6.03 Å². The van der Waals surface area contributed by atoms with Gasteiger partial charge in [-0.2, -0.15) is 0 Å². The van der Waals surface area contributed by atoms with E-state index in [-0.39, 0.29) is 6.03 Å². The fourth-order valence-electron chi connectivity index (χ4n) is 2.54. The maximum Gasteiger partial charge on any atom is 0.330 e. The molecular formula is C21H20N2O. The van der Waals surface area contributed by atoms with Crippen molar-refractivity contribution in [2.45, 2.75) is 13.8 Å². The van der Waals surface area contributed by atoms with E-state index in [9.17, 15) is 4.79 Å². The van der Waals surface area contributed by atoms with Crippen LogP contribution < -0.4 is 10.2 Å². The lowest BCUT2D eigenvalue weighted by Gasteiger charge is -2.23. The molecule has 3 aromatic carbocycles. The van der Waals surface area contributed by atoms with Gasteiger partial charge in [0.25, 0.3) is 0 Å². The number of rotatable bonds is 3. The second kappa shape index (κ2) is 7.01. The molecule has 0 aliphatic rings. The van der Waals surface area contributed by atoms with E-state index in [0.717, 1.165) is 22.6 Å². The average molecular weight is 316 g/mol. The van der Waals surface area contributed by atoms with Crippen molar-refractivity contribution < 1.29 is 4.79 Å². The number of hydrogen-bond donors (Lipinski definition) is 1. The van der Waals surface area contributed by atoms with Crippen LogP contribution in [0.2, 0.25) is 0 Å². The fraction of sp³-hybridized carbons (Fsp3) is 0.0952. The summed E-state index contributed by atoms with van der Waals surface area (Å²) in [5.41, 5.74) is 4.80. The normalized spacial score (nSPS) is 10.2. The number of carbonyl (C=O) groups is 1. The number of hydrogen-bond acceptors (Lipinski definition) is 1. The van der Waals surface area contributed by atoms with E-state index in [2.05, 4.69) is 12.2 Å². The molecule has 0 saturated heterocycles. The van der Waals surface area contributed by atoms with Crippen LogP contribution in [0.5, 0.6) is 0 Å². The molecule has 0 atom stereocenters. The molecule has 0 fully saturated rings. The molecule has 0 heterocycles. The zero-order chi connectivity index (χ0) is 16.9. The number of anilines is 3. The van der Waals surface area contributed by atoms with E-state index < -0.39 is 0 Å². The molecule has 2 amide bonds. The monoisotopic (exact) mass is 316 g/mol. The molecule has 0 aliphatic carbocycles. The summed E-state index contributed by atoms with van der Waals surface area (Å²) < 4.78 is 0. The van der Waals surface area contributed by atoms with Crippen LogP contribution in [0.25, 0.3) is 0 Å². The van der Waals surface area contributed by atoms with Crippen molar-refractivity contribution in [1.82, 2.24) is 0 Å². The first kappa shape index (κ1) is 15.8. The third-order valence-electron chi connectivity index (χ3n) is 3.99. The molecule has 3 nitrogen and oxygen atoms in total. The third kappa shape index (κ3) is 3.46. The minimum absolute atomic E-state index is 0.185. The number of nitrogens with one attached hydrogen (secondary N) is 1. The summed E-state index contributed by atoms with van der Waals surface area (Å²) in [5.74, 6) is 0. The highest BCUT2D eigenvalue weighted by Crippen LogP contribution is 2.26. The molecule has 0 bridgehead atoms. The van der Waals surface area contributed by atoms with Crippen molar-refractivity contribution in [3.63, 3.8) is 0 Å². The standard InChI is InChI=1S/C21H20N2O/c1-16-13-14-18(15-17(16)2)22-21(24)23(19-9-5-3-6-10-19)20-11-7-4-8-12-20/h3-15H,1-2H3,(H,22,24). The molecule has 0 spiro atoms. The zero-order valence-corrected chi connectivity index (χ0v) is 13.9. The van der Waals surface area contributed by atoms with Crippen molar-refractivity contribution >= 4 is 23.1 Å². The maximum atomic E-state index is 12.9. The van der Waals surface area contributed by atoms with Gasteiger partial charge in [0, 0.05) is 5.69 Å². The first-order valence-electron chi connectivity index (χ1n) is 7.93. The number of amides is 2. The van der Waals surface area contributed by atoms with E-state index in [1.807, 2.05) is 85.8 Å². The first-order valence-corrected chi connectivity index (χ1v) is 7.93. The highest BCUT2D eigenvalue weighted by molar-refractivity contribution is 6.07. The minimum Gasteiger partial charge on any atom is -0.307 e. The van der Waals surface area contributed by atoms with Crippen molar-refractivity contribution in [2.24, 2.45) is 0 Å². The summed E-state index contributed by atoms with van der Waals surface area (Å²) >= 11 is 0. The van der Waals surface area contributed by atoms with Crippen molar-refractivity contribution in [3.8, 4) is 0 Å². The Hall–Kier alpha value is -3.07. The Morgan fingerprint density at radius 2 is 1.29 bits per heavy atom. The zero-order valence-electron chi connectivity index (χ0n) is 13.9. The van der Waals surface area contributed by atoms with Crippen LogP contribution in [-0.4, -0.2) is 6.03 Å². The molecule has 3 heteroatoms. The largest absolute Gasteiger partial charge is 0.330 e. The number of benzene rings is 3. The Balaban J connectivity index is 1.93. The van der Waals surface area contributed by atoms with E-state index in [1.165, 1.54) is 5.56 Å². The molecule has 1 N–H and O–H groups in total. The fourth-order valence-corrected chi connectivity index (χ4v) is 2.54. The average Bonchev–Trinajstić information content (AvgIpc) is 2.60. The lowest BCUT2D eigenvalue weighted by atomic mass is 10.1. The SMILES string of the molecule is Cc1ccc(NC(=O)N(c2ccccc2)c2ccccc2)cc1C. The quantitative estimate of drug-likeness (QED) is 0.663. The second-order valence-corrected chi connectivity index (χ2v) is 5.74. The predicted molar refractivity (Wildman–Crippen MR) is 100.0 cm³/mol. The second-order valence-electron chi connectivity index (χ2n) is 5.74. The van der Waals surface area contributed by atoms with Crippen LogP contribution in [0, 0.1) is 13.8 Å². The highest BCUT2D eigenvalue weighted by Gasteiger charge is 2.17. The molecule has 0 unspecified atom stereocenters. The van der Waals surface area contributed by atoms with Gasteiger partial charge in [-0.1, -0.05) is 42.5 Å². The molecule has 120 valence electrons. The molecule has 3 aromatic rings. The molecule has 3 rings (SSSR count). The smallest absolute Gasteiger partial charge is 0.307 e. The minimum atomic E-state index is -0.185. The van der Waals surface area contributed by atoms with Gasteiger partial charge in [-0.15, -0.1) is 0 Å². The van der Waals surface area contributed by atoms with Crippen molar-refractivity contribution in [2.75, 3.05) is 10.2 Å². The Morgan fingerprint density at radius 3 is 1.79 bits per heavy atom. The number of carbonyl (C=O) groups excluding carboxylic acids is 1. The van der Waals surface area contributed by atoms with Crippen LogP contribution >= 0.6 is 0 Å². The Kier molecular flexibility index (Phi) is 4.62. The first-order chi connectivity index (χ1) is 11.6. The van der Waals surface area contributed by atoms with Gasteiger partial charge in [0.1, 0.15) is 0 Å². The summed E-state index contributed by atoms with van der Waals surface area (Å²) in [6, 6.07) is 25.0. The van der Waals surface area contributed by atoms with Crippen LogP contribution in [0.3, 0.4) is 0 Å². The van der Waals surface area contributed by atoms with Gasteiger partial charge in [-0.05, 0) is 61.4 Å². The Bertz CT molecular complexity index is 789. The van der Waals surface area contributed by atoms with E-state index in [1.54, 1.807) is 4.90 Å². The number of aryl methyl sites for hydroxylation is 2. The number of urea groups is 1. The summed E-state index contributed by atoms with van der Waals surface area (Å²) in [4.78, 5) is 14.6. The molecule has 0 aliphatic heterocycles. The van der Waals surface area contributed by atoms with Crippen molar-refractivity contribution in [1.29, 1.82) is 0 Å². The van der Waals surface area contributed by atoms with E-state index in [0.29, 0.717) is 0 Å². The molecule has 24 heavy (non-hydrogen) atoms. The summed E-state index contributed by atoms with van der Waals surface area (Å²) in [6.45, 7) is 4.10. The summed E-state index contributed by atoms with van der Waals surface area (Å²) in [6.07, 6.45) is 0. The number of para-hydroxylation sites is 2. The summed E-state index contributed by atoms with van der Waals surface area (Å²) in [5, 5.41) is 2.99. The van der Waals surface area contributed by atoms with Gasteiger partial charge in [0.2, 0.25) is 0 Å². The molecule has 0 aromatic heterocycles. The van der Waals surface area contributed by atoms with E-state index >= 15 is 0 Å². The van der Waals surface area contributed by atoms with Crippen LogP contribution in [-0.2, 0) is 0 Å². The predicted octanol–water partition coefficient (Wildman–Crippen LogP) is 5.67. The maximum absolute atomic E-state index is 12.9. The summed E-state index contributed by atoms with van der Waals surface area (Å²) in [7, 11) is 0. The third-order valence-corrected chi connectivity index (χ3v) is 3.99. The lowest BCUT2D eigenvalue weighted by molar-refractivity contribution is 0.259. The molecule has 0 radical (unpaired) electrons.